The molecule has 0 radical (unpaired) electrons. The molecule has 0 aliphatic rings. The van der Waals surface area contributed by atoms with Crippen molar-refractivity contribution in [1.82, 2.24) is 5.32 Å². The maximum absolute atomic E-state index is 11.7. The molecule has 0 bridgehead atoms. The zero-order valence-corrected chi connectivity index (χ0v) is 10.4. The summed E-state index contributed by atoms with van der Waals surface area (Å²) in [6.07, 6.45) is 0.389. The summed E-state index contributed by atoms with van der Waals surface area (Å²) in [6.45, 7) is 2.80. The zero-order chi connectivity index (χ0) is 12.7. The first-order chi connectivity index (χ1) is 8.22. The summed E-state index contributed by atoms with van der Waals surface area (Å²) in [5.41, 5.74) is 7.80. The normalized spacial score (nSPS) is 12.2. The van der Waals surface area contributed by atoms with Gasteiger partial charge in [-0.25, -0.2) is 0 Å². The molecule has 3 N–H and O–H groups in total. The van der Waals surface area contributed by atoms with E-state index in [-0.39, 0.29) is 12.5 Å². The average Bonchev–Trinajstić information content (AvgIpc) is 2.38. The molecule has 4 nitrogen and oxygen atoms in total. The standard InChI is InChI=1S/C13H20N2O2/c1-3-10-6-4-5-7-11(10)9-15-13(16)12(8-14)17-2/h4-7,12H,3,8-9,14H2,1-2H3,(H,15,16). The fourth-order valence-electron chi connectivity index (χ4n) is 1.68. The number of rotatable bonds is 6. The minimum atomic E-state index is -0.566. The van der Waals surface area contributed by atoms with E-state index in [0.29, 0.717) is 6.54 Å². The average molecular weight is 236 g/mol. The van der Waals surface area contributed by atoms with Crippen LogP contribution in [-0.4, -0.2) is 25.7 Å². The number of hydrogen-bond acceptors (Lipinski definition) is 3. The quantitative estimate of drug-likeness (QED) is 0.769. The van der Waals surface area contributed by atoms with Crippen LogP contribution in [0, 0.1) is 0 Å². The van der Waals surface area contributed by atoms with E-state index in [1.54, 1.807) is 0 Å². The highest BCUT2D eigenvalue weighted by molar-refractivity contribution is 5.81. The highest BCUT2D eigenvalue weighted by atomic mass is 16.5. The Bertz CT molecular complexity index is 362. The van der Waals surface area contributed by atoms with Gasteiger partial charge in [0.15, 0.2) is 0 Å². The molecule has 0 fully saturated rings. The van der Waals surface area contributed by atoms with Crippen LogP contribution in [0.5, 0.6) is 0 Å². The number of ether oxygens (including phenoxy) is 1. The monoisotopic (exact) mass is 236 g/mol. The fraction of sp³-hybridized carbons (Fsp3) is 0.462. The Hall–Kier alpha value is -1.39. The molecule has 1 rings (SSSR count). The Morgan fingerprint density at radius 1 is 1.41 bits per heavy atom. The topological polar surface area (TPSA) is 64.4 Å². The van der Waals surface area contributed by atoms with Gasteiger partial charge >= 0.3 is 0 Å². The SMILES string of the molecule is CCc1ccccc1CNC(=O)C(CN)OC. The second-order valence-corrected chi connectivity index (χ2v) is 3.80. The Kier molecular flexibility index (Phi) is 5.66. The third kappa shape index (κ3) is 3.84. The number of carbonyl (C=O) groups is 1. The minimum Gasteiger partial charge on any atom is -0.370 e. The third-order valence-electron chi connectivity index (χ3n) is 2.74. The van der Waals surface area contributed by atoms with Crippen molar-refractivity contribution in [3.63, 3.8) is 0 Å². The Labute approximate surface area is 102 Å². The van der Waals surface area contributed by atoms with E-state index in [9.17, 15) is 4.79 Å². The van der Waals surface area contributed by atoms with Crippen LogP contribution >= 0.6 is 0 Å². The molecule has 4 heteroatoms. The van der Waals surface area contributed by atoms with Gasteiger partial charge in [-0.3, -0.25) is 4.79 Å². The number of benzene rings is 1. The maximum atomic E-state index is 11.7. The first kappa shape index (κ1) is 13.7. The number of hydrogen-bond donors (Lipinski definition) is 2. The van der Waals surface area contributed by atoms with E-state index in [4.69, 9.17) is 10.5 Å². The van der Waals surface area contributed by atoms with Crippen LogP contribution in [0.3, 0.4) is 0 Å². The lowest BCUT2D eigenvalue weighted by molar-refractivity contribution is -0.130. The van der Waals surface area contributed by atoms with Crippen molar-refractivity contribution in [3.05, 3.63) is 35.4 Å². The summed E-state index contributed by atoms with van der Waals surface area (Å²) in [5.74, 6) is -0.166. The van der Waals surface area contributed by atoms with Crippen molar-refractivity contribution < 1.29 is 9.53 Å². The van der Waals surface area contributed by atoms with E-state index in [1.165, 1.54) is 12.7 Å². The Balaban J connectivity index is 2.58. The van der Waals surface area contributed by atoms with E-state index < -0.39 is 6.10 Å². The van der Waals surface area contributed by atoms with Crippen molar-refractivity contribution in [2.45, 2.75) is 26.0 Å². The Morgan fingerprint density at radius 3 is 2.59 bits per heavy atom. The van der Waals surface area contributed by atoms with E-state index in [2.05, 4.69) is 18.3 Å². The lowest BCUT2D eigenvalue weighted by Gasteiger charge is -2.14. The lowest BCUT2D eigenvalue weighted by Crippen LogP contribution is -2.40. The van der Waals surface area contributed by atoms with Crippen LogP contribution in [-0.2, 0) is 22.5 Å². The molecule has 0 spiro atoms. The maximum Gasteiger partial charge on any atom is 0.250 e. The Morgan fingerprint density at radius 2 is 2.06 bits per heavy atom. The van der Waals surface area contributed by atoms with Gasteiger partial charge in [-0.05, 0) is 17.5 Å². The van der Waals surface area contributed by atoms with Crippen LogP contribution in [0.25, 0.3) is 0 Å². The number of aryl methyl sites for hydroxylation is 1. The van der Waals surface area contributed by atoms with Crippen molar-refractivity contribution >= 4 is 5.91 Å². The molecule has 0 aliphatic carbocycles. The lowest BCUT2D eigenvalue weighted by atomic mass is 10.1. The van der Waals surface area contributed by atoms with E-state index in [1.807, 2.05) is 18.2 Å². The number of methoxy groups -OCH3 is 1. The second-order valence-electron chi connectivity index (χ2n) is 3.80. The van der Waals surface area contributed by atoms with Crippen molar-refractivity contribution in [1.29, 1.82) is 0 Å². The first-order valence-corrected chi connectivity index (χ1v) is 5.80. The summed E-state index contributed by atoms with van der Waals surface area (Å²) in [6, 6.07) is 8.06. The van der Waals surface area contributed by atoms with E-state index >= 15 is 0 Å². The second kappa shape index (κ2) is 7.04. The van der Waals surface area contributed by atoms with Gasteiger partial charge in [-0.15, -0.1) is 0 Å². The van der Waals surface area contributed by atoms with Gasteiger partial charge in [-0.2, -0.15) is 0 Å². The summed E-state index contributed by atoms with van der Waals surface area (Å²) < 4.78 is 4.97. The molecule has 94 valence electrons. The smallest absolute Gasteiger partial charge is 0.250 e. The van der Waals surface area contributed by atoms with Crippen LogP contribution < -0.4 is 11.1 Å². The van der Waals surface area contributed by atoms with Crippen molar-refractivity contribution in [3.8, 4) is 0 Å². The van der Waals surface area contributed by atoms with Gasteiger partial charge in [0.1, 0.15) is 6.10 Å². The van der Waals surface area contributed by atoms with Crippen LogP contribution in [0.2, 0.25) is 0 Å². The van der Waals surface area contributed by atoms with Gasteiger partial charge in [-0.1, -0.05) is 31.2 Å². The van der Waals surface area contributed by atoms with Gasteiger partial charge < -0.3 is 15.8 Å². The third-order valence-corrected chi connectivity index (χ3v) is 2.74. The highest BCUT2D eigenvalue weighted by Gasteiger charge is 2.15. The minimum absolute atomic E-state index is 0.166. The molecule has 0 aliphatic heterocycles. The van der Waals surface area contributed by atoms with Gasteiger partial charge in [0.2, 0.25) is 0 Å². The fourth-order valence-corrected chi connectivity index (χ4v) is 1.68. The summed E-state index contributed by atoms with van der Waals surface area (Å²) in [4.78, 5) is 11.7. The first-order valence-electron chi connectivity index (χ1n) is 5.80. The summed E-state index contributed by atoms with van der Waals surface area (Å²) in [7, 11) is 1.48. The number of nitrogens with one attached hydrogen (secondary N) is 1. The van der Waals surface area contributed by atoms with Gasteiger partial charge in [0, 0.05) is 20.2 Å². The molecular weight excluding hydrogens is 216 g/mol. The van der Waals surface area contributed by atoms with E-state index in [0.717, 1.165) is 12.0 Å². The zero-order valence-electron chi connectivity index (χ0n) is 10.4. The molecule has 0 saturated carbocycles. The molecule has 0 heterocycles. The molecule has 0 aromatic heterocycles. The molecule has 17 heavy (non-hydrogen) atoms. The number of nitrogens with two attached hydrogens (primary N) is 1. The molecule has 1 atom stereocenters. The molecule has 1 aromatic carbocycles. The summed E-state index contributed by atoms with van der Waals surface area (Å²) >= 11 is 0. The largest absolute Gasteiger partial charge is 0.370 e. The predicted molar refractivity (Wildman–Crippen MR) is 67.5 cm³/mol. The molecule has 1 amide bonds. The molecular formula is C13H20N2O2. The van der Waals surface area contributed by atoms with Crippen LogP contribution in [0.1, 0.15) is 18.1 Å². The molecule has 1 aromatic rings. The van der Waals surface area contributed by atoms with Crippen molar-refractivity contribution in [2.75, 3.05) is 13.7 Å². The highest BCUT2D eigenvalue weighted by Crippen LogP contribution is 2.08. The molecule has 0 saturated heterocycles. The van der Waals surface area contributed by atoms with Crippen LogP contribution in [0.4, 0.5) is 0 Å². The summed E-state index contributed by atoms with van der Waals surface area (Å²) in [5, 5.41) is 2.83. The predicted octanol–water partition coefficient (Wildman–Crippen LogP) is 0.839. The number of carbonyl (C=O) groups excluding carboxylic acids is 1. The van der Waals surface area contributed by atoms with Gasteiger partial charge in [0.25, 0.3) is 5.91 Å². The van der Waals surface area contributed by atoms with Crippen molar-refractivity contribution in [2.24, 2.45) is 5.73 Å². The number of amides is 1. The van der Waals surface area contributed by atoms with Crippen LogP contribution in [0.15, 0.2) is 24.3 Å². The molecule has 1 unspecified atom stereocenters. The van der Waals surface area contributed by atoms with Gasteiger partial charge in [0.05, 0.1) is 0 Å².